The van der Waals surface area contributed by atoms with Gasteiger partial charge in [0.25, 0.3) is 5.56 Å². The van der Waals surface area contributed by atoms with Crippen molar-refractivity contribution in [2.45, 2.75) is 214 Å². The van der Waals surface area contributed by atoms with E-state index in [2.05, 4.69) is 65.7 Å². The number of rotatable bonds is 21. The Hall–Kier alpha value is -12.1. The number of carbonyl (C=O) groups excluding carboxylic acids is 3. The molecule has 0 spiro atoms. The van der Waals surface area contributed by atoms with Gasteiger partial charge in [-0.2, -0.15) is 43.7 Å². The number of benzene rings is 6. The SMILES string of the molecule is C.Cc1c(F)c(F)c(S(=O)(=O)N2CC[C@@H]2C(=O)N(Cc2ccc(C3CCCCC3)cn2)c2ccc3n[nH]nc3c2)c(F)c1F.Cc1c(F)c(F)c(S(=O)(=O)N2CC[C@@H]2C(=O)N(Cc2cnc(C3CCCCC3)cn2)c2ccc3c(=O)[nH]cnc3c2)c(F)c1F.Cc1c(F)c(F)c(S(=O)(=O)N2CC[C@@H]2C(=O)N(Cc2cnc(C3CCCCC3)cn2)c2ccc3n[nH]nc3c2)c(F)c1F. The summed E-state index contributed by atoms with van der Waals surface area (Å²) < 4.78 is 256. The first kappa shape index (κ1) is 94.5. The van der Waals surface area contributed by atoms with Crippen molar-refractivity contribution in [2.24, 2.45) is 0 Å². The van der Waals surface area contributed by atoms with Crippen molar-refractivity contribution in [1.29, 1.82) is 0 Å². The molecule has 3 saturated heterocycles. The summed E-state index contributed by atoms with van der Waals surface area (Å²) in [6, 6.07) is 13.6. The Morgan fingerprint density at radius 3 is 1.02 bits per heavy atom. The third kappa shape index (κ3) is 18.1. The zero-order chi connectivity index (χ0) is 93.0. The van der Waals surface area contributed by atoms with Gasteiger partial charge in [0.1, 0.15) is 40.2 Å². The molecule has 0 unspecified atom stereocenters. The summed E-state index contributed by atoms with van der Waals surface area (Å²) in [5.41, 5.74) is 3.85. The number of anilines is 3. The molecule has 18 rings (SSSR count). The van der Waals surface area contributed by atoms with Crippen LogP contribution in [0.25, 0.3) is 33.0 Å². The molecule has 3 aliphatic carbocycles. The number of hydrogen-bond donors (Lipinski definition) is 3. The van der Waals surface area contributed by atoms with Gasteiger partial charge in [-0.1, -0.05) is 71.3 Å². The molecule has 9 heterocycles. The molecule has 6 aliphatic rings. The van der Waals surface area contributed by atoms with Crippen LogP contribution in [0.2, 0.25) is 0 Å². The second kappa shape index (κ2) is 38.6. The number of H-pyrrole nitrogens is 3. The summed E-state index contributed by atoms with van der Waals surface area (Å²) in [4.78, 5) is 82.0. The zero-order valence-corrected chi connectivity index (χ0v) is 72.7. The van der Waals surface area contributed by atoms with Crippen LogP contribution < -0.4 is 20.3 Å². The van der Waals surface area contributed by atoms with Crippen molar-refractivity contribution in [3.05, 3.63) is 235 Å². The molecule has 3 atom stereocenters. The highest BCUT2D eigenvalue weighted by molar-refractivity contribution is 7.89. The molecule has 0 radical (unpaired) electrons. The van der Waals surface area contributed by atoms with E-state index in [9.17, 15) is 97.1 Å². The molecule has 696 valence electrons. The van der Waals surface area contributed by atoms with Gasteiger partial charge >= 0.3 is 0 Å². The Morgan fingerprint density at radius 2 is 0.689 bits per heavy atom. The number of halogens is 12. The van der Waals surface area contributed by atoms with Crippen molar-refractivity contribution in [3.8, 4) is 0 Å². The summed E-state index contributed by atoms with van der Waals surface area (Å²) in [6.07, 6.45) is 26.0. The monoisotopic (exact) mass is 1890 g/mol. The molecule has 44 heteroatoms. The Bertz CT molecular complexity index is 6520. The molecule has 29 nitrogen and oxygen atoms in total. The van der Waals surface area contributed by atoms with Gasteiger partial charge < -0.3 is 19.7 Å². The normalized spacial score (nSPS) is 17.9. The number of carbonyl (C=O) groups is 3. The van der Waals surface area contributed by atoms with E-state index in [4.69, 9.17) is 0 Å². The number of nitrogens with one attached hydrogen (secondary N) is 3. The van der Waals surface area contributed by atoms with Crippen LogP contribution in [0, 0.1) is 90.6 Å². The van der Waals surface area contributed by atoms with E-state index >= 15 is 0 Å². The molecule has 12 aromatic rings. The molecule has 3 amide bonds. The molecular formula is C88H87F12N19O10S3. The van der Waals surface area contributed by atoms with Gasteiger partial charge in [-0.25, -0.2) is 82.9 Å². The number of aromatic nitrogens is 13. The minimum absolute atomic E-state index is 0. The standard InChI is InChI=1S/C30H28F4N6O4S.C29H28F4N6O3S.C28H27F4N7O3S.CH4/c1-16-24(31)26(33)28(27(34)25(16)32)45(43,44)40-10-9-23(40)30(42)39(19-7-8-20-21(11-19)37-15-38-29(20)41)14-18-12-36-22(13-35-18)17-5-3-2-4-6-17;1-16-24(30)26(32)28(27(33)25(16)31)43(41,42)39-12-11-23(39)29(40)38(20-9-10-21-22(13-20)36-37-35-21)15-19-8-7-18(14-34-19)17-5-3-2-4-6-17;1-15-23(29)25(31)27(26(32)24(15)30)43(41,42)39-10-9-22(39)28(40)38(18-7-8-19-20(11-18)36-37-35-19)14-17-12-34-21(13-33-17)16-5-3-2-4-6-16;/h7-8,11-13,15,17,23H,2-6,9-10,14H2,1H3,(H,37,38,41);7-10,13-14,17,23H,2-6,11-12,15H2,1H3,(H,35,36,37);7-8,11-13,16,22H,2-6,9-10,14H2,1H3,(H,35,36,37);1H4/t2*23-;22-;/m111./s1. The van der Waals surface area contributed by atoms with E-state index in [1.54, 1.807) is 61.2 Å². The highest BCUT2D eigenvalue weighted by Gasteiger charge is 2.52. The topological polar surface area (TPSA) is 366 Å². The molecule has 3 N–H and O–H groups in total. The fourth-order valence-corrected chi connectivity index (χ4v) is 22.6. The maximum Gasteiger partial charge on any atom is 0.258 e. The number of aromatic amines is 3. The molecule has 6 fully saturated rings. The quantitative estimate of drug-likeness (QED) is 0.0444. The number of amides is 3. The average Bonchev–Trinajstić information content (AvgIpc) is 0.789. The molecule has 3 aliphatic heterocycles. The molecule has 6 aromatic heterocycles. The average molecular weight is 1890 g/mol. The Morgan fingerprint density at radius 1 is 0.364 bits per heavy atom. The maximum absolute atomic E-state index is 14.8. The van der Waals surface area contributed by atoms with E-state index in [0.29, 0.717) is 75.3 Å². The van der Waals surface area contributed by atoms with Crippen LogP contribution in [0.4, 0.5) is 69.7 Å². The second-order valence-corrected chi connectivity index (χ2v) is 38.5. The van der Waals surface area contributed by atoms with Gasteiger partial charge in [0, 0.05) is 83.8 Å². The Labute approximate surface area is 748 Å². The van der Waals surface area contributed by atoms with Gasteiger partial charge in [-0.3, -0.25) is 44.1 Å². The van der Waals surface area contributed by atoms with Gasteiger partial charge in [0.2, 0.25) is 47.8 Å². The Balaban J connectivity index is 0.000000151. The third-order valence-electron chi connectivity index (χ3n) is 25.1. The first-order valence-electron chi connectivity index (χ1n) is 42.3. The van der Waals surface area contributed by atoms with Crippen molar-refractivity contribution in [3.63, 3.8) is 0 Å². The lowest BCUT2D eigenvalue weighted by atomic mass is 9.85. The van der Waals surface area contributed by atoms with Gasteiger partial charge in [-0.05, 0) is 151 Å². The lowest BCUT2D eigenvalue weighted by Gasteiger charge is -2.41. The van der Waals surface area contributed by atoms with Crippen LogP contribution in [0.3, 0.4) is 0 Å². The highest BCUT2D eigenvalue weighted by atomic mass is 32.2. The molecular weight excluding hydrogens is 1810 g/mol. The van der Waals surface area contributed by atoms with E-state index in [-0.39, 0.29) is 88.5 Å². The molecule has 0 bridgehead atoms. The number of nitrogens with zero attached hydrogens (tertiary/aromatic N) is 16. The van der Waals surface area contributed by atoms with Gasteiger partial charge in [0.15, 0.2) is 84.5 Å². The van der Waals surface area contributed by atoms with Crippen LogP contribution in [-0.2, 0) is 64.1 Å². The van der Waals surface area contributed by atoms with E-state index in [1.165, 1.54) is 64.7 Å². The maximum atomic E-state index is 14.8. The van der Waals surface area contributed by atoms with Gasteiger partial charge in [-0.15, -0.1) is 0 Å². The van der Waals surface area contributed by atoms with E-state index in [1.807, 2.05) is 12.1 Å². The van der Waals surface area contributed by atoms with Crippen LogP contribution >= 0.6 is 0 Å². The number of sulfonamides is 3. The van der Waals surface area contributed by atoms with E-state index in [0.717, 1.165) is 115 Å². The van der Waals surface area contributed by atoms with Crippen molar-refractivity contribution < 1.29 is 92.3 Å². The third-order valence-corrected chi connectivity index (χ3v) is 30.9. The van der Waals surface area contributed by atoms with Crippen molar-refractivity contribution in [1.82, 2.24) is 78.6 Å². The predicted octanol–water partition coefficient (Wildman–Crippen LogP) is 15.2. The second-order valence-electron chi connectivity index (χ2n) is 33.0. The summed E-state index contributed by atoms with van der Waals surface area (Å²) in [6.45, 7) is 1.13. The van der Waals surface area contributed by atoms with Gasteiger partial charge in [0.05, 0.1) is 77.7 Å². The predicted molar refractivity (Wildman–Crippen MR) is 456 cm³/mol. The minimum Gasteiger partial charge on any atom is -0.313 e. The first-order valence-corrected chi connectivity index (χ1v) is 46.6. The fourth-order valence-electron chi connectivity index (χ4n) is 17.3. The molecule has 132 heavy (non-hydrogen) atoms. The lowest BCUT2D eigenvalue weighted by Crippen LogP contribution is -2.59. The molecule has 6 aromatic carbocycles. The highest BCUT2D eigenvalue weighted by Crippen LogP contribution is 2.43. The largest absolute Gasteiger partial charge is 0.313 e. The Kier molecular flexibility index (Phi) is 27.6. The summed E-state index contributed by atoms with van der Waals surface area (Å²) in [5, 5.41) is 21.3. The van der Waals surface area contributed by atoms with Crippen molar-refractivity contribution in [2.75, 3.05) is 34.3 Å². The van der Waals surface area contributed by atoms with Crippen molar-refractivity contribution >= 4 is 97.8 Å². The first-order chi connectivity index (χ1) is 62.6. The smallest absolute Gasteiger partial charge is 0.258 e. The minimum atomic E-state index is -5.20. The number of fused-ring (bicyclic) bond motifs is 3. The summed E-state index contributed by atoms with van der Waals surface area (Å²) in [7, 11) is -15.5. The van der Waals surface area contributed by atoms with Crippen LogP contribution in [-0.4, -0.2) is 159 Å². The lowest BCUT2D eigenvalue weighted by molar-refractivity contribution is -0.125. The van der Waals surface area contributed by atoms with Crippen LogP contribution in [0.15, 0.2) is 124 Å². The summed E-state index contributed by atoms with van der Waals surface area (Å²) >= 11 is 0. The zero-order valence-electron chi connectivity index (χ0n) is 70.2. The number of hydrogen-bond acceptors (Lipinski definition) is 20. The number of pyridine rings is 1. The van der Waals surface area contributed by atoms with Crippen LogP contribution in [0.1, 0.15) is 191 Å². The van der Waals surface area contributed by atoms with Crippen LogP contribution in [0.5, 0.6) is 0 Å². The van der Waals surface area contributed by atoms with E-state index < -0.39 is 173 Å². The summed E-state index contributed by atoms with van der Waals surface area (Å²) in [5.74, 6) is -24.5. The molecule has 3 saturated carbocycles. The fraction of sp³-hybridized carbons (Fsp3) is 0.386.